The monoisotopic (exact) mass is 414 g/mol. The van der Waals surface area contributed by atoms with E-state index in [4.69, 9.17) is 11.6 Å². The molecule has 0 bridgehead atoms. The second-order valence-electron chi connectivity index (χ2n) is 5.55. The Bertz CT molecular complexity index is 834. The lowest BCUT2D eigenvalue weighted by atomic mass is 10.2. The van der Waals surface area contributed by atoms with Gasteiger partial charge < -0.3 is 15.0 Å². The first kappa shape index (κ1) is 21.0. The minimum Gasteiger partial charge on any atom is -0.433 e. The van der Waals surface area contributed by atoms with Crippen molar-refractivity contribution in [3.63, 3.8) is 0 Å². The van der Waals surface area contributed by atoms with Crippen LogP contribution in [0, 0.1) is 0 Å². The topological polar surface area (TPSA) is 58.6 Å². The van der Waals surface area contributed by atoms with E-state index in [0.717, 1.165) is 0 Å². The van der Waals surface area contributed by atoms with Gasteiger partial charge >= 0.3 is 6.61 Å². The molecule has 0 radical (unpaired) electrons. The summed E-state index contributed by atoms with van der Waals surface area (Å²) in [6, 6.07) is 10.8. The van der Waals surface area contributed by atoms with E-state index in [9.17, 15) is 18.4 Å². The first-order valence-electron chi connectivity index (χ1n) is 7.75. The lowest BCUT2D eigenvalue weighted by Gasteiger charge is -2.13. The number of halogens is 3. The number of rotatable bonds is 7. The zero-order valence-electron chi connectivity index (χ0n) is 14.5. The molecule has 144 valence electrons. The Balaban J connectivity index is 2.12. The standard InChI is InChI=1S/C18H17ClF2N2O3S/c1-23(2)16(24)10-27-15-6-4-3-5-12(15)17(25)22-11-7-8-14(13(19)9-11)26-18(20)21/h3-9,18H,10H2,1-2H3,(H,22,25). The Morgan fingerprint density at radius 2 is 1.93 bits per heavy atom. The molecular weight excluding hydrogens is 398 g/mol. The van der Waals surface area contributed by atoms with Crippen LogP contribution in [0.15, 0.2) is 47.4 Å². The van der Waals surface area contributed by atoms with Crippen LogP contribution in [0.3, 0.4) is 0 Å². The third-order valence-corrected chi connectivity index (χ3v) is 4.74. The number of carbonyl (C=O) groups is 2. The Hall–Kier alpha value is -2.32. The predicted molar refractivity (Wildman–Crippen MR) is 102 cm³/mol. The summed E-state index contributed by atoms with van der Waals surface area (Å²) in [5.74, 6) is -0.462. The summed E-state index contributed by atoms with van der Waals surface area (Å²) in [6.07, 6.45) is 0. The maximum absolute atomic E-state index is 12.6. The molecule has 0 aromatic heterocycles. The van der Waals surface area contributed by atoms with Crippen molar-refractivity contribution in [1.29, 1.82) is 0 Å². The number of thioether (sulfide) groups is 1. The fourth-order valence-corrected chi connectivity index (χ4v) is 3.27. The second kappa shape index (κ2) is 9.57. The molecule has 2 amide bonds. The molecule has 0 aliphatic heterocycles. The second-order valence-corrected chi connectivity index (χ2v) is 6.98. The number of alkyl halides is 2. The summed E-state index contributed by atoms with van der Waals surface area (Å²) in [7, 11) is 3.32. The van der Waals surface area contributed by atoms with Crippen molar-refractivity contribution in [2.45, 2.75) is 11.5 Å². The minimum atomic E-state index is -2.99. The maximum atomic E-state index is 12.6. The van der Waals surface area contributed by atoms with Crippen molar-refractivity contribution >= 4 is 40.9 Å². The number of ether oxygens (including phenoxy) is 1. The molecule has 2 rings (SSSR count). The van der Waals surface area contributed by atoms with Crippen molar-refractivity contribution in [1.82, 2.24) is 4.90 Å². The molecule has 0 fully saturated rings. The minimum absolute atomic E-state index is 0.0488. The summed E-state index contributed by atoms with van der Waals surface area (Å²) >= 11 is 7.15. The van der Waals surface area contributed by atoms with Gasteiger partial charge in [0.05, 0.1) is 16.3 Å². The van der Waals surface area contributed by atoms with Crippen LogP contribution in [0.2, 0.25) is 5.02 Å². The predicted octanol–water partition coefficient (Wildman–Crippen LogP) is 4.37. The van der Waals surface area contributed by atoms with Gasteiger partial charge in [0, 0.05) is 24.7 Å². The highest BCUT2D eigenvalue weighted by atomic mass is 35.5. The number of benzene rings is 2. The van der Waals surface area contributed by atoms with Gasteiger partial charge in [0.1, 0.15) is 5.75 Å². The van der Waals surface area contributed by atoms with E-state index >= 15 is 0 Å². The van der Waals surface area contributed by atoms with Gasteiger partial charge in [0.25, 0.3) is 5.91 Å². The third kappa shape index (κ3) is 6.11. The Morgan fingerprint density at radius 3 is 2.56 bits per heavy atom. The largest absolute Gasteiger partial charge is 0.433 e. The molecular formula is C18H17ClF2N2O3S. The van der Waals surface area contributed by atoms with E-state index in [0.29, 0.717) is 16.1 Å². The molecule has 1 N–H and O–H groups in total. The van der Waals surface area contributed by atoms with E-state index in [1.807, 2.05) is 0 Å². The first-order valence-corrected chi connectivity index (χ1v) is 9.12. The first-order chi connectivity index (χ1) is 12.8. The van der Waals surface area contributed by atoms with Crippen LogP contribution in [-0.2, 0) is 4.79 Å². The Morgan fingerprint density at radius 1 is 1.22 bits per heavy atom. The highest BCUT2D eigenvalue weighted by Crippen LogP contribution is 2.30. The average molecular weight is 415 g/mol. The van der Waals surface area contributed by atoms with Gasteiger partial charge in [-0.3, -0.25) is 9.59 Å². The summed E-state index contributed by atoms with van der Waals surface area (Å²) < 4.78 is 28.8. The van der Waals surface area contributed by atoms with Crippen LogP contribution in [0.25, 0.3) is 0 Å². The van der Waals surface area contributed by atoms with Gasteiger partial charge in [-0.05, 0) is 30.3 Å². The van der Waals surface area contributed by atoms with Crippen LogP contribution < -0.4 is 10.1 Å². The number of carbonyl (C=O) groups excluding carboxylic acids is 2. The van der Waals surface area contributed by atoms with Crippen LogP contribution in [0.1, 0.15) is 10.4 Å². The van der Waals surface area contributed by atoms with Crippen molar-refractivity contribution in [3.05, 3.63) is 53.1 Å². The molecule has 0 saturated heterocycles. The Kier molecular flexibility index (Phi) is 7.44. The number of amides is 2. The quantitative estimate of drug-likeness (QED) is 0.683. The van der Waals surface area contributed by atoms with Gasteiger partial charge in [-0.1, -0.05) is 23.7 Å². The molecule has 9 heteroatoms. The molecule has 0 aliphatic carbocycles. The van der Waals surface area contributed by atoms with E-state index in [-0.39, 0.29) is 22.4 Å². The summed E-state index contributed by atoms with van der Waals surface area (Å²) in [6.45, 7) is -2.99. The maximum Gasteiger partial charge on any atom is 0.387 e. The number of hydrogen-bond acceptors (Lipinski definition) is 4. The molecule has 0 aliphatic rings. The van der Waals surface area contributed by atoms with Crippen molar-refractivity contribution in [2.24, 2.45) is 0 Å². The van der Waals surface area contributed by atoms with Gasteiger partial charge in [0.15, 0.2) is 0 Å². The third-order valence-electron chi connectivity index (χ3n) is 3.39. The van der Waals surface area contributed by atoms with Gasteiger partial charge in [-0.25, -0.2) is 0 Å². The van der Waals surface area contributed by atoms with Crippen molar-refractivity contribution in [2.75, 3.05) is 25.2 Å². The summed E-state index contributed by atoms with van der Waals surface area (Å²) in [4.78, 5) is 26.5. The molecule has 2 aromatic carbocycles. The van der Waals surface area contributed by atoms with Gasteiger partial charge in [0.2, 0.25) is 5.91 Å². The fourth-order valence-electron chi connectivity index (χ4n) is 2.02. The van der Waals surface area contributed by atoms with E-state index in [1.54, 1.807) is 38.4 Å². The van der Waals surface area contributed by atoms with Gasteiger partial charge in [-0.15, -0.1) is 11.8 Å². The molecule has 27 heavy (non-hydrogen) atoms. The molecule has 0 unspecified atom stereocenters. The summed E-state index contributed by atoms with van der Waals surface area (Å²) in [5, 5.41) is 2.61. The fraction of sp³-hybridized carbons (Fsp3) is 0.222. The zero-order chi connectivity index (χ0) is 20.0. The molecule has 2 aromatic rings. The van der Waals surface area contributed by atoms with E-state index in [2.05, 4.69) is 10.1 Å². The zero-order valence-corrected chi connectivity index (χ0v) is 16.1. The normalized spacial score (nSPS) is 10.6. The lowest BCUT2D eigenvalue weighted by Crippen LogP contribution is -2.23. The number of nitrogens with zero attached hydrogens (tertiary/aromatic N) is 1. The molecule has 0 saturated carbocycles. The van der Waals surface area contributed by atoms with Crippen LogP contribution >= 0.6 is 23.4 Å². The van der Waals surface area contributed by atoms with Crippen LogP contribution in [0.4, 0.5) is 14.5 Å². The molecule has 0 atom stereocenters. The van der Waals surface area contributed by atoms with Crippen LogP contribution in [-0.4, -0.2) is 43.2 Å². The number of hydrogen-bond donors (Lipinski definition) is 1. The molecule has 0 spiro atoms. The highest BCUT2D eigenvalue weighted by molar-refractivity contribution is 8.00. The van der Waals surface area contributed by atoms with Gasteiger partial charge in [-0.2, -0.15) is 8.78 Å². The summed E-state index contributed by atoms with van der Waals surface area (Å²) in [5.41, 5.74) is 0.717. The van der Waals surface area contributed by atoms with Crippen LogP contribution in [0.5, 0.6) is 5.75 Å². The number of nitrogens with one attached hydrogen (secondary N) is 1. The smallest absolute Gasteiger partial charge is 0.387 e. The van der Waals surface area contributed by atoms with Crippen molar-refractivity contribution in [3.8, 4) is 5.75 Å². The number of anilines is 1. The van der Waals surface area contributed by atoms with E-state index < -0.39 is 12.5 Å². The van der Waals surface area contributed by atoms with E-state index in [1.165, 1.54) is 34.9 Å². The highest BCUT2D eigenvalue weighted by Gasteiger charge is 2.15. The SMILES string of the molecule is CN(C)C(=O)CSc1ccccc1C(=O)Nc1ccc(OC(F)F)c(Cl)c1. The molecule has 5 nitrogen and oxygen atoms in total. The Labute approximate surface area is 164 Å². The van der Waals surface area contributed by atoms with Crippen molar-refractivity contribution < 1.29 is 23.1 Å². The average Bonchev–Trinajstić information content (AvgIpc) is 2.61. The lowest BCUT2D eigenvalue weighted by molar-refractivity contribution is -0.125. The molecule has 0 heterocycles.